The molecule has 214 valence electrons. The smallest absolute Gasteiger partial charge is 0.0725 e. The number of benzene rings is 6. The zero-order chi connectivity index (χ0) is 30.2. The van der Waals surface area contributed by atoms with Gasteiger partial charge in [-0.1, -0.05) is 169 Å². The SMILES string of the molecule is Cc1ccc(C2(c3ccc(C)cc3)c3ccccc3-c3sc4c(c32)C(c2ccccc2)(c2ccccc2)c2ccccc2-4)cc1. The molecular formula is C44H32S. The first kappa shape index (κ1) is 26.4. The highest BCUT2D eigenvalue weighted by Crippen LogP contribution is 2.68. The molecule has 1 heteroatoms. The second-order valence-electron chi connectivity index (χ2n) is 12.6. The Bertz CT molecular complexity index is 2120. The fourth-order valence-electron chi connectivity index (χ4n) is 8.33. The van der Waals surface area contributed by atoms with Crippen LogP contribution in [0.1, 0.15) is 55.6 Å². The van der Waals surface area contributed by atoms with Crippen LogP contribution in [0.2, 0.25) is 0 Å². The van der Waals surface area contributed by atoms with Crippen LogP contribution in [0.15, 0.2) is 158 Å². The molecule has 2 aliphatic carbocycles. The molecule has 9 rings (SSSR count). The summed E-state index contributed by atoms with van der Waals surface area (Å²) < 4.78 is 0. The van der Waals surface area contributed by atoms with Gasteiger partial charge in [0.15, 0.2) is 0 Å². The van der Waals surface area contributed by atoms with Crippen molar-refractivity contribution in [3.8, 4) is 20.9 Å². The molecule has 0 amide bonds. The Labute approximate surface area is 269 Å². The van der Waals surface area contributed by atoms with E-state index in [1.165, 1.54) is 76.5 Å². The van der Waals surface area contributed by atoms with Crippen molar-refractivity contribution >= 4 is 11.3 Å². The first-order valence-electron chi connectivity index (χ1n) is 15.8. The van der Waals surface area contributed by atoms with Gasteiger partial charge in [-0.15, -0.1) is 11.3 Å². The van der Waals surface area contributed by atoms with Gasteiger partial charge in [0.2, 0.25) is 0 Å². The van der Waals surface area contributed by atoms with Crippen molar-refractivity contribution in [2.75, 3.05) is 0 Å². The second-order valence-corrected chi connectivity index (χ2v) is 13.6. The molecule has 0 saturated carbocycles. The van der Waals surface area contributed by atoms with Crippen LogP contribution in [0.5, 0.6) is 0 Å². The quantitative estimate of drug-likeness (QED) is 0.191. The Morgan fingerprint density at radius 1 is 0.356 bits per heavy atom. The van der Waals surface area contributed by atoms with Crippen LogP contribution in [0.4, 0.5) is 0 Å². The van der Waals surface area contributed by atoms with E-state index in [-0.39, 0.29) is 0 Å². The van der Waals surface area contributed by atoms with Gasteiger partial charge in [-0.3, -0.25) is 0 Å². The second kappa shape index (κ2) is 9.76. The van der Waals surface area contributed by atoms with Crippen molar-refractivity contribution in [3.63, 3.8) is 0 Å². The Balaban J connectivity index is 1.52. The summed E-state index contributed by atoms with van der Waals surface area (Å²) in [5, 5.41) is 0. The minimum atomic E-state index is -0.478. The van der Waals surface area contributed by atoms with E-state index in [0.717, 1.165) is 0 Å². The van der Waals surface area contributed by atoms with Crippen molar-refractivity contribution in [1.29, 1.82) is 0 Å². The third kappa shape index (κ3) is 3.42. The van der Waals surface area contributed by atoms with Crippen LogP contribution in [0, 0.1) is 13.8 Å². The highest BCUT2D eigenvalue weighted by molar-refractivity contribution is 7.19. The maximum Gasteiger partial charge on any atom is 0.0725 e. The first-order chi connectivity index (χ1) is 22.1. The maximum atomic E-state index is 2.38. The number of rotatable bonds is 4. The van der Waals surface area contributed by atoms with E-state index in [0.29, 0.717) is 0 Å². The molecule has 0 radical (unpaired) electrons. The molecule has 0 spiro atoms. The molecule has 0 saturated heterocycles. The fourth-order valence-corrected chi connectivity index (χ4v) is 9.82. The highest BCUT2D eigenvalue weighted by atomic mass is 32.1. The predicted octanol–water partition coefficient (Wildman–Crippen LogP) is 11.1. The van der Waals surface area contributed by atoms with Crippen molar-refractivity contribution in [2.24, 2.45) is 0 Å². The van der Waals surface area contributed by atoms with Gasteiger partial charge in [-0.25, -0.2) is 0 Å². The first-order valence-corrected chi connectivity index (χ1v) is 16.6. The monoisotopic (exact) mass is 592 g/mol. The Morgan fingerprint density at radius 3 is 1.09 bits per heavy atom. The van der Waals surface area contributed by atoms with Crippen molar-refractivity contribution in [1.82, 2.24) is 0 Å². The zero-order valence-electron chi connectivity index (χ0n) is 25.4. The zero-order valence-corrected chi connectivity index (χ0v) is 26.2. The lowest BCUT2D eigenvalue weighted by atomic mass is 9.61. The van der Waals surface area contributed by atoms with Gasteiger partial charge in [0.25, 0.3) is 0 Å². The van der Waals surface area contributed by atoms with Gasteiger partial charge in [-0.05, 0) is 69.5 Å². The molecule has 0 atom stereocenters. The number of aryl methyl sites for hydroxylation is 2. The fraction of sp³-hybridized carbons (Fsp3) is 0.0909. The summed E-state index contributed by atoms with van der Waals surface area (Å²) in [6.07, 6.45) is 0. The molecule has 1 heterocycles. The van der Waals surface area contributed by atoms with E-state index in [4.69, 9.17) is 0 Å². The van der Waals surface area contributed by atoms with Crippen molar-refractivity contribution in [3.05, 3.63) is 213 Å². The third-order valence-electron chi connectivity index (χ3n) is 10.2. The van der Waals surface area contributed by atoms with Gasteiger partial charge >= 0.3 is 0 Å². The van der Waals surface area contributed by atoms with Gasteiger partial charge in [0.1, 0.15) is 0 Å². The van der Waals surface area contributed by atoms with Gasteiger partial charge in [-0.2, -0.15) is 0 Å². The molecule has 0 aliphatic heterocycles. The molecule has 0 N–H and O–H groups in total. The van der Waals surface area contributed by atoms with Gasteiger partial charge in [0.05, 0.1) is 10.8 Å². The molecule has 6 aromatic carbocycles. The minimum Gasteiger partial charge on any atom is -0.134 e. The van der Waals surface area contributed by atoms with E-state index in [2.05, 4.69) is 172 Å². The van der Waals surface area contributed by atoms with Crippen LogP contribution < -0.4 is 0 Å². The minimum absolute atomic E-state index is 0.471. The van der Waals surface area contributed by atoms with Crippen molar-refractivity contribution in [2.45, 2.75) is 24.7 Å². The largest absolute Gasteiger partial charge is 0.134 e. The normalized spacial score (nSPS) is 14.8. The molecule has 2 aliphatic rings. The molecular weight excluding hydrogens is 561 g/mol. The number of thiophene rings is 1. The molecule has 0 nitrogen and oxygen atoms in total. The summed E-state index contributed by atoms with van der Waals surface area (Å²) in [6.45, 7) is 4.37. The lowest BCUT2D eigenvalue weighted by molar-refractivity contribution is 0.707. The molecule has 1 aromatic heterocycles. The predicted molar refractivity (Wildman–Crippen MR) is 188 cm³/mol. The third-order valence-corrected chi connectivity index (χ3v) is 11.4. The molecule has 7 aromatic rings. The van der Waals surface area contributed by atoms with Gasteiger partial charge < -0.3 is 0 Å². The molecule has 0 bridgehead atoms. The van der Waals surface area contributed by atoms with Crippen LogP contribution >= 0.6 is 11.3 Å². The molecule has 45 heavy (non-hydrogen) atoms. The summed E-state index contributed by atoms with van der Waals surface area (Å²) in [4.78, 5) is 2.78. The average molecular weight is 593 g/mol. The highest BCUT2D eigenvalue weighted by Gasteiger charge is 2.57. The molecule has 0 unspecified atom stereocenters. The standard InChI is InChI=1S/C44H32S/c1-29-21-25-33(26-22-29)44(34-27-23-30(2)24-28-34)38-20-12-10-18-36(38)42-40(44)39-41(45-42)35-17-9-11-19-37(35)43(39,31-13-5-3-6-14-31)32-15-7-4-8-16-32/h3-28H,1-2H3. The Kier molecular flexibility index (Phi) is 5.73. The van der Waals surface area contributed by atoms with Crippen LogP contribution in [0.3, 0.4) is 0 Å². The van der Waals surface area contributed by atoms with Gasteiger partial charge in [0, 0.05) is 9.75 Å². The summed E-state index contributed by atoms with van der Waals surface area (Å²) in [7, 11) is 0. The number of fused-ring (bicyclic) bond motifs is 7. The Morgan fingerprint density at radius 2 is 0.689 bits per heavy atom. The lowest BCUT2D eigenvalue weighted by Crippen LogP contribution is -2.35. The van der Waals surface area contributed by atoms with E-state index >= 15 is 0 Å². The van der Waals surface area contributed by atoms with E-state index in [9.17, 15) is 0 Å². The van der Waals surface area contributed by atoms with Crippen LogP contribution in [0.25, 0.3) is 20.9 Å². The lowest BCUT2D eigenvalue weighted by Gasteiger charge is -2.39. The summed E-state index contributed by atoms with van der Waals surface area (Å²) >= 11 is 1.99. The van der Waals surface area contributed by atoms with E-state index < -0.39 is 10.8 Å². The summed E-state index contributed by atoms with van der Waals surface area (Å²) in [6, 6.07) is 59.4. The number of hydrogen-bond donors (Lipinski definition) is 0. The average Bonchev–Trinajstić information content (AvgIpc) is 3.71. The summed E-state index contributed by atoms with van der Waals surface area (Å²) in [5.41, 5.74) is 15.1. The van der Waals surface area contributed by atoms with E-state index in [1.54, 1.807) is 0 Å². The van der Waals surface area contributed by atoms with Crippen LogP contribution in [-0.2, 0) is 10.8 Å². The van der Waals surface area contributed by atoms with Crippen molar-refractivity contribution < 1.29 is 0 Å². The molecule has 0 fully saturated rings. The Hall–Kier alpha value is -4.98. The summed E-state index contributed by atoms with van der Waals surface area (Å²) in [5.74, 6) is 0. The van der Waals surface area contributed by atoms with E-state index in [1.807, 2.05) is 11.3 Å². The topological polar surface area (TPSA) is 0 Å². The maximum absolute atomic E-state index is 2.38. The van der Waals surface area contributed by atoms with Crippen LogP contribution in [-0.4, -0.2) is 0 Å². The number of hydrogen-bond acceptors (Lipinski definition) is 1.